The van der Waals surface area contributed by atoms with Gasteiger partial charge in [-0.25, -0.2) is 0 Å². The second kappa shape index (κ2) is 7.95. The molecular weight excluding hydrogens is 373 g/mol. The van der Waals surface area contributed by atoms with Gasteiger partial charge in [-0.1, -0.05) is 66.7 Å². The molecule has 29 heavy (non-hydrogen) atoms. The predicted molar refractivity (Wildman–Crippen MR) is 110 cm³/mol. The molecule has 4 aromatic rings. The van der Waals surface area contributed by atoms with E-state index in [0.29, 0.717) is 24.3 Å². The molecular formula is C24H19F3N2. The zero-order valence-electron chi connectivity index (χ0n) is 15.6. The zero-order chi connectivity index (χ0) is 20.3. The smallest absolute Gasteiger partial charge is 0.361 e. The van der Waals surface area contributed by atoms with Crippen LogP contribution in [0.2, 0.25) is 0 Å². The minimum atomic E-state index is -4.43. The lowest BCUT2D eigenvalue weighted by atomic mass is 10.0. The summed E-state index contributed by atoms with van der Waals surface area (Å²) in [5.74, 6) is 0. The van der Waals surface area contributed by atoms with Gasteiger partial charge in [-0.3, -0.25) is 4.98 Å². The first-order valence-electron chi connectivity index (χ1n) is 9.30. The Bertz CT molecular complexity index is 1050. The van der Waals surface area contributed by atoms with Crippen LogP contribution in [0.1, 0.15) is 16.7 Å². The Balaban J connectivity index is 1.83. The molecule has 0 aliphatic heterocycles. The van der Waals surface area contributed by atoms with Crippen molar-refractivity contribution in [3.8, 4) is 0 Å². The Morgan fingerprint density at radius 3 is 1.83 bits per heavy atom. The van der Waals surface area contributed by atoms with Gasteiger partial charge in [-0.05, 0) is 29.3 Å². The SMILES string of the molecule is FC(F)(F)c1ccc(N(Cc2ccccc2)Cc2ccccc2)c2ncccc12. The van der Waals surface area contributed by atoms with Crippen LogP contribution in [-0.4, -0.2) is 4.98 Å². The normalized spacial score (nSPS) is 11.6. The van der Waals surface area contributed by atoms with Crippen molar-refractivity contribution in [1.29, 1.82) is 0 Å². The topological polar surface area (TPSA) is 16.1 Å². The van der Waals surface area contributed by atoms with Gasteiger partial charge in [-0.2, -0.15) is 13.2 Å². The van der Waals surface area contributed by atoms with Crippen molar-refractivity contribution in [2.24, 2.45) is 0 Å². The Kier molecular flexibility index (Phi) is 5.21. The van der Waals surface area contributed by atoms with Crippen molar-refractivity contribution in [3.05, 3.63) is 108 Å². The number of halogens is 3. The fourth-order valence-electron chi connectivity index (χ4n) is 3.49. The molecule has 0 radical (unpaired) electrons. The highest BCUT2D eigenvalue weighted by atomic mass is 19.4. The molecule has 1 aromatic heterocycles. The molecule has 0 saturated heterocycles. The van der Waals surface area contributed by atoms with Crippen molar-refractivity contribution >= 4 is 16.6 Å². The lowest BCUT2D eigenvalue weighted by molar-refractivity contribution is -0.136. The van der Waals surface area contributed by atoms with E-state index in [-0.39, 0.29) is 5.39 Å². The summed E-state index contributed by atoms with van der Waals surface area (Å²) in [7, 11) is 0. The summed E-state index contributed by atoms with van der Waals surface area (Å²) >= 11 is 0. The minimum absolute atomic E-state index is 0.114. The number of aromatic nitrogens is 1. The van der Waals surface area contributed by atoms with Crippen molar-refractivity contribution < 1.29 is 13.2 Å². The van der Waals surface area contributed by atoms with Crippen LogP contribution in [0.15, 0.2) is 91.1 Å². The van der Waals surface area contributed by atoms with E-state index >= 15 is 0 Å². The summed E-state index contributed by atoms with van der Waals surface area (Å²) in [6, 6.07) is 25.5. The number of pyridine rings is 1. The molecule has 0 aliphatic carbocycles. The maximum atomic E-state index is 13.5. The first kappa shape index (κ1) is 19.0. The summed E-state index contributed by atoms with van der Waals surface area (Å²) in [6.07, 6.45) is -2.89. The van der Waals surface area contributed by atoms with Gasteiger partial charge in [0.1, 0.15) is 0 Å². The molecule has 1 heterocycles. The molecule has 0 fully saturated rings. The first-order chi connectivity index (χ1) is 14.0. The highest BCUT2D eigenvalue weighted by Gasteiger charge is 2.33. The minimum Gasteiger partial charge on any atom is -0.361 e. The third-order valence-electron chi connectivity index (χ3n) is 4.83. The van der Waals surface area contributed by atoms with Crippen molar-refractivity contribution in [2.45, 2.75) is 19.3 Å². The molecule has 0 N–H and O–H groups in total. The molecule has 0 aliphatic rings. The van der Waals surface area contributed by atoms with Crippen molar-refractivity contribution in [3.63, 3.8) is 0 Å². The highest BCUT2D eigenvalue weighted by molar-refractivity contribution is 5.93. The maximum Gasteiger partial charge on any atom is 0.417 e. The Hall–Kier alpha value is -3.34. The Morgan fingerprint density at radius 1 is 0.690 bits per heavy atom. The molecule has 3 aromatic carbocycles. The van der Waals surface area contributed by atoms with Crippen LogP contribution >= 0.6 is 0 Å². The van der Waals surface area contributed by atoms with Gasteiger partial charge in [-0.15, -0.1) is 0 Å². The lowest BCUT2D eigenvalue weighted by Crippen LogP contribution is -2.23. The molecule has 0 unspecified atom stereocenters. The molecule has 0 amide bonds. The predicted octanol–water partition coefficient (Wildman–Crippen LogP) is 6.46. The summed E-state index contributed by atoms with van der Waals surface area (Å²) in [5.41, 5.74) is 2.53. The van der Waals surface area contributed by atoms with Gasteiger partial charge in [0.25, 0.3) is 0 Å². The van der Waals surface area contributed by atoms with E-state index in [1.54, 1.807) is 6.07 Å². The number of nitrogens with zero attached hydrogens (tertiary/aromatic N) is 2. The van der Waals surface area contributed by atoms with Crippen LogP contribution in [0.4, 0.5) is 18.9 Å². The fourth-order valence-corrected chi connectivity index (χ4v) is 3.49. The summed E-state index contributed by atoms with van der Waals surface area (Å²) in [5, 5.41) is 0.114. The molecule has 0 atom stereocenters. The number of rotatable bonds is 5. The Labute approximate surface area is 167 Å². The van der Waals surface area contributed by atoms with Crippen molar-refractivity contribution in [1.82, 2.24) is 4.98 Å². The fraction of sp³-hybridized carbons (Fsp3) is 0.125. The van der Waals surface area contributed by atoms with Gasteiger partial charge in [0, 0.05) is 24.7 Å². The van der Waals surface area contributed by atoms with E-state index in [1.165, 1.54) is 18.3 Å². The number of anilines is 1. The van der Waals surface area contributed by atoms with Gasteiger partial charge >= 0.3 is 6.18 Å². The van der Waals surface area contributed by atoms with E-state index in [4.69, 9.17) is 0 Å². The Morgan fingerprint density at radius 2 is 1.28 bits per heavy atom. The first-order valence-corrected chi connectivity index (χ1v) is 9.30. The highest BCUT2D eigenvalue weighted by Crippen LogP contribution is 2.38. The number of hydrogen-bond donors (Lipinski definition) is 0. The van der Waals surface area contributed by atoms with Crippen LogP contribution in [0.5, 0.6) is 0 Å². The molecule has 0 saturated carbocycles. The van der Waals surface area contributed by atoms with E-state index in [2.05, 4.69) is 9.88 Å². The molecule has 5 heteroatoms. The van der Waals surface area contributed by atoms with Crippen LogP contribution in [0.3, 0.4) is 0 Å². The van der Waals surface area contributed by atoms with Gasteiger partial charge in [0.05, 0.1) is 16.8 Å². The third-order valence-corrected chi connectivity index (χ3v) is 4.83. The summed E-state index contributed by atoms with van der Waals surface area (Å²) in [4.78, 5) is 6.39. The zero-order valence-corrected chi connectivity index (χ0v) is 15.6. The summed E-state index contributed by atoms with van der Waals surface area (Å²) in [6.45, 7) is 1.12. The molecule has 146 valence electrons. The van der Waals surface area contributed by atoms with E-state index in [0.717, 1.165) is 17.2 Å². The molecule has 0 spiro atoms. The standard InChI is InChI=1S/C24H19F3N2/c25-24(26,27)21-13-14-22(23-20(21)12-7-15-28-23)29(16-18-8-3-1-4-9-18)17-19-10-5-2-6-11-19/h1-15H,16-17H2. The van der Waals surface area contributed by atoms with Crippen LogP contribution in [0, 0.1) is 0 Å². The third kappa shape index (κ3) is 4.24. The van der Waals surface area contributed by atoms with E-state index in [9.17, 15) is 13.2 Å². The van der Waals surface area contributed by atoms with Gasteiger partial charge < -0.3 is 4.90 Å². The number of fused-ring (bicyclic) bond motifs is 1. The van der Waals surface area contributed by atoms with E-state index < -0.39 is 11.7 Å². The lowest BCUT2D eigenvalue weighted by Gasteiger charge is -2.27. The van der Waals surface area contributed by atoms with Crippen LogP contribution in [-0.2, 0) is 19.3 Å². The quantitative estimate of drug-likeness (QED) is 0.387. The van der Waals surface area contributed by atoms with Crippen molar-refractivity contribution in [2.75, 3.05) is 4.90 Å². The average molecular weight is 392 g/mol. The van der Waals surface area contributed by atoms with Crippen LogP contribution in [0.25, 0.3) is 10.9 Å². The number of alkyl halides is 3. The van der Waals surface area contributed by atoms with E-state index in [1.807, 2.05) is 60.7 Å². The van der Waals surface area contributed by atoms with Crippen LogP contribution < -0.4 is 4.90 Å². The second-order valence-corrected chi connectivity index (χ2v) is 6.86. The molecule has 2 nitrogen and oxygen atoms in total. The van der Waals surface area contributed by atoms with Gasteiger partial charge in [0.15, 0.2) is 0 Å². The number of benzene rings is 3. The second-order valence-electron chi connectivity index (χ2n) is 6.86. The van der Waals surface area contributed by atoms with Gasteiger partial charge in [0.2, 0.25) is 0 Å². The monoisotopic (exact) mass is 392 g/mol. The largest absolute Gasteiger partial charge is 0.417 e. The average Bonchev–Trinajstić information content (AvgIpc) is 2.73. The molecule has 0 bridgehead atoms. The maximum absolute atomic E-state index is 13.5. The molecule has 4 rings (SSSR count). The summed E-state index contributed by atoms with van der Waals surface area (Å²) < 4.78 is 40.5. The number of hydrogen-bond acceptors (Lipinski definition) is 2.